The van der Waals surface area contributed by atoms with Crippen LogP contribution in [0.4, 0.5) is 0 Å². The van der Waals surface area contributed by atoms with E-state index in [0.29, 0.717) is 13.0 Å². The van der Waals surface area contributed by atoms with E-state index in [0.717, 1.165) is 13.0 Å². The molecule has 1 heterocycles. The largest absolute Gasteiger partial charge is 0.469 e. The smallest absolute Gasteiger partial charge is 0.313 e. The van der Waals surface area contributed by atoms with Crippen molar-refractivity contribution in [1.82, 2.24) is 5.32 Å². The number of ether oxygens (including phenoxy) is 1. The number of methoxy groups -OCH3 is 1. The predicted molar refractivity (Wildman–Crippen MR) is 59.1 cm³/mol. The van der Waals surface area contributed by atoms with Gasteiger partial charge in [0.2, 0.25) is 0 Å². The summed E-state index contributed by atoms with van der Waals surface area (Å²) in [6.45, 7) is 3.33. The van der Waals surface area contributed by atoms with Crippen molar-refractivity contribution in [2.45, 2.75) is 24.1 Å². The van der Waals surface area contributed by atoms with Crippen LogP contribution >= 0.6 is 23.2 Å². The highest BCUT2D eigenvalue weighted by Gasteiger charge is 2.76. The van der Waals surface area contributed by atoms with Crippen LogP contribution in [0.5, 0.6) is 0 Å². The van der Waals surface area contributed by atoms with Gasteiger partial charge >= 0.3 is 5.97 Å². The summed E-state index contributed by atoms with van der Waals surface area (Å²) in [5.74, 6) is -0.224. The first-order valence-corrected chi connectivity index (χ1v) is 5.82. The van der Waals surface area contributed by atoms with Gasteiger partial charge in [-0.25, -0.2) is 0 Å². The summed E-state index contributed by atoms with van der Waals surface area (Å²) in [4.78, 5) is 11.9. The molecule has 0 amide bonds. The molecule has 1 N–H and O–H groups in total. The SMILES string of the molecule is COC(=O)[C@]1(C)CNCCC12CC2(Cl)Cl. The minimum Gasteiger partial charge on any atom is -0.469 e. The second-order valence-electron chi connectivity index (χ2n) is 4.71. The normalized spacial score (nSPS) is 42.7. The van der Waals surface area contributed by atoms with Crippen LogP contribution in [0.3, 0.4) is 0 Å². The Morgan fingerprint density at radius 1 is 1.47 bits per heavy atom. The number of halogens is 2. The third kappa shape index (κ3) is 1.33. The molecule has 0 bridgehead atoms. The van der Waals surface area contributed by atoms with Crippen molar-refractivity contribution >= 4 is 29.2 Å². The van der Waals surface area contributed by atoms with E-state index in [1.807, 2.05) is 6.92 Å². The van der Waals surface area contributed by atoms with Gasteiger partial charge in [-0.3, -0.25) is 4.79 Å². The zero-order valence-corrected chi connectivity index (χ0v) is 10.4. The van der Waals surface area contributed by atoms with E-state index in [1.165, 1.54) is 7.11 Å². The van der Waals surface area contributed by atoms with Crippen LogP contribution in [0.15, 0.2) is 0 Å². The molecule has 1 saturated heterocycles. The van der Waals surface area contributed by atoms with Crippen LogP contribution in [0.25, 0.3) is 0 Å². The van der Waals surface area contributed by atoms with Gasteiger partial charge in [-0.15, -0.1) is 23.2 Å². The van der Waals surface area contributed by atoms with E-state index in [4.69, 9.17) is 27.9 Å². The molecule has 1 aliphatic heterocycles. The Labute approximate surface area is 99.4 Å². The number of rotatable bonds is 1. The number of alkyl halides is 2. The van der Waals surface area contributed by atoms with Gasteiger partial charge in [-0.1, -0.05) is 0 Å². The van der Waals surface area contributed by atoms with Crippen molar-refractivity contribution < 1.29 is 9.53 Å². The van der Waals surface area contributed by atoms with E-state index >= 15 is 0 Å². The maximum absolute atomic E-state index is 11.9. The summed E-state index contributed by atoms with van der Waals surface area (Å²) in [6, 6.07) is 0. The number of esters is 1. The van der Waals surface area contributed by atoms with E-state index in [9.17, 15) is 4.79 Å². The van der Waals surface area contributed by atoms with Crippen molar-refractivity contribution in [2.75, 3.05) is 20.2 Å². The topological polar surface area (TPSA) is 38.3 Å². The number of hydrogen-bond acceptors (Lipinski definition) is 3. The van der Waals surface area contributed by atoms with Crippen molar-refractivity contribution in [3.8, 4) is 0 Å². The van der Waals surface area contributed by atoms with Crippen LogP contribution in [-0.4, -0.2) is 30.5 Å². The molecule has 15 heavy (non-hydrogen) atoms. The minimum absolute atomic E-state index is 0.224. The third-order valence-electron chi connectivity index (χ3n) is 4.00. The van der Waals surface area contributed by atoms with Crippen LogP contribution in [0, 0.1) is 10.8 Å². The first-order chi connectivity index (χ1) is 6.90. The monoisotopic (exact) mass is 251 g/mol. The Morgan fingerprint density at radius 2 is 2.07 bits per heavy atom. The van der Waals surface area contributed by atoms with Gasteiger partial charge in [0.1, 0.15) is 4.33 Å². The Morgan fingerprint density at radius 3 is 2.53 bits per heavy atom. The first kappa shape index (κ1) is 11.5. The number of piperidine rings is 1. The average Bonchev–Trinajstić information content (AvgIpc) is 2.74. The lowest BCUT2D eigenvalue weighted by atomic mass is 9.70. The van der Waals surface area contributed by atoms with E-state index in [-0.39, 0.29) is 11.4 Å². The van der Waals surface area contributed by atoms with Crippen molar-refractivity contribution in [2.24, 2.45) is 10.8 Å². The third-order valence-corrected chi connectivity index (χ3v) is 4.99. The standard InChI is InChI=1S/C10H15Cl2NO2/c1-8(7(14)15-2)6-13-4-3-9(8)5-10(9,11)12/h13H,3-6H2,1-2H3/t8-,9?/m0/s1. The van der Waals surface area contributed by atoms with Gasteiger partial charge in [0.15, 0.2) is 0 Å². The maximum Gasteiger partial charge on any atom is 0.313 e. The summed E-state index contributed by atoms with van der Waals surface area (Å²) in [5.41, 5.74) is -0.912. The molecular weight excluding hydrogens is 237 g/mol. The van der Waals surface area contributed by atoms with Crippen LogP contribution in [-0.2, 0) is 9.53 Å². The lowest BCUT2D eigenvalue weighted by Crippen LogP contribution is -2.53. The van der Waals surface area contributed by atoms with E-state index < -0.39 is 9.75 Å². The molecule has 2 fully saturated rings. The highest BCUT2D eigenvalue weighted by molar-refractivity contribution is 6.51. The number of nitrogens with one attached hydrogen (secondary N) is 1. The Bertz CT molecular complexity index is 308. The molecular formula is C10H15Cl2NO2. The zero-order chi connectivity index (χ0) is 11.3. The molecule has 3 nitrogen and oxygen atoms in total. The number of carbonyl (C=O) groups is 1. The second-order valence-corrected chi connectivity index (χ2v) is 6.20. The zero-order valence-electron chi connectivity index (χ0n) is 8.90. The van der Waals surface area contributed by atoms with Gasteiger partial charge in [0.25, 0.3) is 0 Å². The summed E-state index contributed by atoms with van der Waals surface area (Å²) >= 11 is 12.4. The Kier molecular flexibility index (Phi) is 2.49. The van der Waals surface area contributed by atoms with E-state index in [2.05, 4.69) is 5.32 Å². The predicted octanol–water partition coefficient (Wildman–Crippen LogP) is 1.72. The molecule has 0 radical (unpaired) electrons. The molecule has 0 aromatic carbocycles. The van der Waals surface area contributed by atoms with E-state index in [1.54, 1.807) is 0 Å². The molecule has 1 unspecified atom stereocenters. The quantitative estimate of drug-likeness (QED) is 0.570. The van der Waals surface area contributed by atoms with Crippen molar-refractivity contribution in [3.63, 3.8) is 0 Å². The molecule has 2 aliphatic rings. The second kappa shape index (κ2) is 3.25. The molecule has 0 aromatic heterocycles. The molecule has 1 saturated carbocycles. The molecule has 1 aliphatic carbocycles. The summed E-state index contributed by atoms with van der Waals surface area (Å²) < 4.78 is 4.10. The van der Waals surface area contributed by atoms with Gasteiger partial charge < -0.3 is 10.1 Å². The Balaban J connectivity index is 2.33. The lowest BCUT2D eigenvalue weighted by molar-refractivity contribution is -0.157. The van der Waals surface area contributed by atoms with Crippen LogP contribution < -0.4 is 5.32 Å². The minimum atomic E-state index is -0.766. The summed E-state index contributed by atoms with van der Waals surface area (Å²) in [7, 11) is 1.41. The number of hydrogen-bond donors (Lipinski definition) is 1. The van der Waals surface area contributed by atoms with Crippen molar-refractivity contribution in [3.05, 3.63) is 0 Å². The van der Waals surface area contributed by atoms with Gasteiger partial charge in [0.05, 0.1) is 12.5 Å². The Hall–Kier alpha value is 0.01000. The lowest BCUT2D eigenvalue weighted by Gasteiger charge is -2.41. The fourth-order valence-corrected chi connectivity index (χ4v) is 3.85. The number of carbonyl (C=O) groups excluding carboxylic acids is 1. The highest BCUT2D eigenvalue weighted by Crippen LogP contribution is 2.74. The molecule has 5 heteroatoms. The molecule has 2 atom stereocenters. The molecule has 86 valence electrons. The fraction of sp³-hybridized carbons (Fsp3) is 0.900. The van der Waals surface area contributed by atoms with Crippen molar-refractivity contribution in [1.29, 1.82) is 0 Å². The summed E-state index contributed by atoms with van der Waals surface area (Å²) in [5, 5.41) is 3.21. The maximum atomic E-state index is 11.9. The molecule has 0 aromatic rings. The molecule has 1 spiro atoms. The summed E-state index contributed by atoms with van der Waals surface area (Å²) in [6.07, 6.45) is 1.50. The van der Waals surface area contributed by atoms with Gasteiger partial charge in [-0.2, -0.15) is 0 Å². The highest BCUT2D eigenvalue weighted by atomic mass is 35.5. The molecule has 2 rings (SSSR count). The average molecular weight is 252 g/mol. The van der Waals surface area contributed by atoms with Gasteiger partial charge in [0, 0.05) is 12.0 Å². The fourth-order valence-electron chi connectivity index (χ4n) is 2.78. The van der Waals surface area contributed by atoms with Gasteiger partial charge in [-0.05, 0) is 26.3 Å². The van der Waals surface area contributed by atoms with Crippen LogP contribution in [0.2, 0.25) is 0 Å². The first-order valence-electron chi connectivity index (χ1n) is 5.07. The van der Waals surface area contributed by atoms with Crippen LogP contribution in [0.1, 0.15) is 19.8 Å².